The quantitative estimate of drug-likeness (QED) is 0.891. The zero-order valence-corrected chi connectivity index (χ0v) is 11.7. The Morgan fingerprint density at radius 1 is 1.58 bits per heavy atom. The summed E-state index contributed by atoms with van der Waals surface area (Å²) in [5.41, 5.74) is 2.57. The van der Waals surface area contributed by atoms with Crippen molar-refractivity contribution < 1.29 is 14.7 Å². The number of aliphatic carboxylic acids is 1. The monoisotopic (exact) mass is 283 g/mol. The summed E-state index contributed by atoms with van der Waals surface area (Å²) in [6, 6.07) is -0.241. The third-order valence-corrected chi connectivity index (χ3v) is 3.94. The van der Waals surface area contributed by atoms with Crippen molar-refractivity contribution in [2.75, 3.05) is 18.4 Å². The van der Waals surface area contributed by atoms with E-state index in [0.717, 1.165) is 10.7 Å². The van der Waals surface area contributed by atoms with Gasteiger partial charge in [-0.15, -0.1) is 11.3 Å². The Labute approximate surface area is 115 Å². The summed E-state index contributed by atoms with van der Waals surface area (Å²) in [6.07, 6.45) is 0.516. The Morgan fingerprint density at radius 3 is 2.89 bits per heavy atom. The molecule has 1 aromatic rings. The SMILES string of the molecule is CC(C)c1ncsc1NC(=O)N1CCC(C(=O)O)C1. The first-order chi connectivity index (χ1) is 8.99. The van der Waals surface area contributed by atoms with Crippen LogP contribution in [0.4, 0.5) is 9.80 Å². The molecule has 7 heteroatoms. The fourth-order valence-corrected chi connectivity index (χ4v) is 2.91. The molecule has 2 amide bonds. The van der Waals surface area contributed by atoms with E-state index >= 15 is 0 Å². The van der Waals surface area contributed by atoms with Gasteiger partial charge in [0.25, 0.3) is 0 Å². The topological polar surface area (TPSA) is 82.5 Å². The average molecular weight is 283 g/mol. The van der Waals surface area contributed by atoms with E-state index in [1.807, 2.05) is 13.8 Å². The largest absolute Gasteiger partial charge is 0.481 e. The van der Waals surface area contributed by atoms with Crippen LogP contribution in [0.15, 0.2) is 5.51 Å². The van der Waals surface area contributed by atoms with Gasteiger partial charge in [0.2, 0.25) is 0 Å². The molecule has 6 nitrogen and oxygen atoms in total. The van der Waals surface area contributed by atoms with E-state index in [2.05, 4.69) is 10.3 Å². The summed E-state index contributed by atoms with van der Waals surface area (Å²) in [5, 5.41) is 12.5. The highest BCUT2D eigenvalue weighted by Crippen LogP contribution is 2.27. The van der Waals surface area contributed by atoms with Gasteiger partial charge in [-0.25, -0.2) is 9.78 Å². The Morgan fingerprint density at radius 2 is 2.32 bits per heavy atom. The fraction of sp³-hybridized carbons (Fsp3) is 0.583. The summed E-state index contributed by atoms with van der Waals surface area (Å²) >= 11 is 1.39. The molecule has 19 heavy (non-hydrogen) atoms. The van der Waals surface area contributed by atoms with E-state index < -0.39 is 11.9 Å². The Kier molecular flexibility index (Phi) is 4.04. The predicted octanol–water partition coefficient (Wildman–Crippen LogP) is 2.20. The zero-order chi connectivity index (χ0) is 14.0. The normalized spacial score (nSPS) is 18.9. The lowest BCUT2D eigenvalue weighted by atomic mass is 10.1. The number of carbonyl (C=O) groups excluding carboxylic acids is 1. The summed E-state index contributed by atoms with van der Waals surface area (Å²) in [4.78, 5) is 28.7. The molecule has 1 atom stereocenters. The lowest BCUT2D eigenvalue weighted by molar-refractivity contribution is -0.141. The van der Waals surface area contributed by atoms with E-state index in [1.165, 1.54) is 11.3 Å². The van der Waals surface area contributed by atoms with Gasteiger partial charge in [0.05, 0.1) is 17.1 Å². The molecule has 1 fully saturated rings. The van der Waals surface area contributed by atoms with Crippen LogP contribution in [0.25, 0.3) is 0 Å². The second kappa shape index (κ2) is 5.56. The first kappa shape index (κ1) is 13.8. The number of nitrogens with one attached hydrogen (secondary N) is 1. The molecule has 2 rings (SSSR count). The van der Waals surface area contributed by atoms with E-state index in [1.54, 1.807) is 10.4 Å². The minimum absolute atomic E-state index is 0.241. The minimum atomic E-state index is -0.837. The Balaban J connectivity index is 1.98. The number of amides is 2. The number of carbonyl (C=O) groups is 2. The van der Waals surface area contributed by atoms with Gasteiger partial charge in [-0.1, -0.05) is 13.8 Å². The van der Waals surface area contributed by atoms with Crippen LogP contribution in [0, 0.1) is 5.92 Å². The highest BCUT2D eigenvalue weighted by Gasteiger charge is 2.31. The van der Waals surface area contributed by atoms with E-state index in [9.17, 15) is 9.59 Å². The molecule has 1 aromatic heterocycles. The predicted molar refractivity (Wildman–Crippen MR) is 72.5 cm³/mol. The van der Waals surface area contributed by atoms with Gasteiger partial charge in [-0.2, -0.15) is 0 Å². The van der Waals surface area contributed by atoms with E-state index in [0.29, 0.717) is 13.0 Å². The summed E-state index contributed by atoms with van der Waals surface area (Å²) < 4.78 is 0. The first-order valence-corrected chi connectivity index (χ1v) is 7.09. The number of carboxylic acids is 1. The van der Waals surface area contributed by atoms with Gasteiger partial charge in [0.15, 0.2) is 0 Å². The molecule has 1 unspecified atom stereocenters. The van der Waals surface area contributed by atoms with Crippen molar-refractivity contribution >= 4 is 28.3 Å². The maximum absolute atomic E-state index is 12.1. The lowest BCUT2D eigenvalue weighted by Gasteiger charge is -2.16. The molecule has 0 aliphatic carbocycles. The van der Waals surface area contributed by atoms with Gasteiger partial charge in [-0.05, 0) is 12.3 Å². The second-order valence-corrected chi connectivity index (χ2v) is 5.78. The number of hydrogen-bond acceptors (Lipinski definition) is 4. The molecule has 1 saturated heterocycles. The van der Waals surface area contributed by atoms with Crippen LogP contribution in [-0.4, -0.2) is 40.1 Å². The number of rotatable bonds is 3. The second-order valence-electron chi connectivity index (χ2n) is 4.92. The van der Waals surface area contributed by atoms with Gasteiger partial charge < -0.3 is 10.0 Å². The summed E-state index contributed by atoms with van der Waals surface area (Å²) in [7, 11) is 0. The summed E-state index contributed by atoms with van der Waals surface area (Å²) in [6.45, 7) is 4.79. The van der Waals surface area contributed by atoms with Gasteiger partial charge in [0, 0.05) is 13.1 Å². The van der Waals surface area contributed by atoms with Crippen molar-refractivity contribution in [3.8, 4) is 0 Å². The molecule has 0 bridgehead atoms. The Hall–Kier alpha value is -1.63. The van der Waals surface area contributed by atoms with Crippen LogP contribution in [0.3, 0.4) is 0 Å². The molecule has 0 saturated carbocycles. The number of aromatic nitrogens is 1. The highest BCUT2D eigenvalue weighted by molar-refractivity contribution is 7.14. The number of anilines is 1. The minimum Gasteiger partial charge on any atom is -0.481 e. The van der Waals surface area contributed by atoms with Crippen molar-refractivity contribution in [3.63, 3.8) is 0 Å². The molecule has 0 aromatic carbocycles. The van der Waals surface area contributed by atoms with Crippen molar-refractivity contribution in [2.24, 2.45) is 5.92 Å². The zero-order valence-electron chi connectivity index (χ0n) is 10.9. The van der Waals surface area contributed by atoms with Crippen molar-refractivity contribution in [2.45, 2.75) is 26.2 Å². The van der Waals surface area contributed by atoms with Crippen molar-refractivity contribution in [1.29, 1.82) is 0 Å². The Bertz CT molecular complexity index is 486. The van der Waals surface area contributed by atoms with E-state index in [4.69, 9.17) is 5.11 Å². The lowest BCUT2D eigenvalue weighted by Crippen LogP contribution is -2.33. The van der Waals surface area contributed by atoms with Crippen LogP contribution < -0.4 is 5.32 Å². The smallest absolute Gasteiger partial charge is 0.322 e. The van der Waals surface area contributed by atoms with Crippen LogP contribution in [0.5, 0.6) is 0 Å². The van der Waals surface area contributed by atoms with Gasteiger partial charge in [0.1, 0.15) is 5.00 Å². The highest BCUT2D eigenvalue weighted by atomic mass is 32.1. The van der Waals surface area contributed by atoms with Crippen molar-refractivity contribution in [3.05, 3.63) is 11.2 Å². The third-order valence-electron chi connectivity index (χ3n) is 3.19. The maximum Gasteiger partial charge on any atom is 0.322 e. The number of hydrogen-bond donors (Lipinski definition) is 2. The number of carboxylic acid groups (broad SMARTS) is 1. The molecule has 0 radical (unpaired) electrons. The number of thiazole rings is 1. The molecule has 2 N–H and O–H groups in total. The number of urea groups is 1. The standard InChI is InChI=1S/C12H17N3O3S/c1-7(2)9-10(19-6-13-9)14-12(18)15-4-3-8(5-15)11(16)17/h6-8H,3-5H2,1-2H3,(H,14,18)(H,16,17). The molecule has 2 heterocycles. The number of likely N-dealkylation sites (tertiary alicyclic amines) is 1. The average Bonchev–Trinajstić information content (AvgIpc) is 2.96. The van der Waals surface area contributed by atoms with Crippen LogP contribution >= 0.6 is 11.3 Å². The molecule has 1 aliphatic rings. The van der Waals surface area contributed by atoms with Crippen molar-refractivity contribution in [1.82, 2.24) is 9.88 Å². The van der Waals surface area contributed by atoms with E-state index in [-0.39, 0.29) is 18.5 Å². The maximum atomic E-state index is 12.1. The molecular weight excluding hydrogens is 266 g/mol. The van der Waals surface area contributed by atoms with Crippen LogP contribution in [0.2, 0.25) is 0 Å². The molecule has 0 spiro atoms. The summed E-state index contributed by atoms with van der Waals surface area (Å²) in [5.74, 6) is -1.04. The molecule has 1 aliphatic heterocycles. The number of nitrogens with zero attached hydrogens (tertiary/aromatic N) is 2. The molecular formula is C12H17N3O3S. The molecule has 104 valence electrons. The van der Waals surface area contributed by atoms with Crippen LogP contribution in [-0.2, 0) is 4.79 Å². The van der Waals surface area contributed by atoms with Gasteiger partial charge >= 0.3 is 12.0 Å². The van der Waals surface area contributed by atoms with Gasteiger partial charge in [-0.3, -0.25) is 10.1 Å². The first-order valence-electron chi connectivity index (χ1n) is 6.21. The third kappa shape index (κ3) is 3.04. The van der Waals surface area contributed by atoms with Crippen LogP contribution in [0.1, 0.15) is 31.9 Å². The fourth-order valence-electron chi connectivity index (χ4n) is 2.08.